The molecule has 6 nitrogen and oxygen atoms in total. The second-order valence-corrected chi connectivity index (χ2v) is 7.66. The van der Waals surface area contributed by atoms with Gasteiger partial charge in [0.2, 0.25) is 0 Å². The monoisotopic (exact) mass is 462 g/mol. The van der Waals surface area contributed by atoms with E-state index in [2.05, 4.69) is 16.0 Å². The fourth-order valence-electron chi connectivity index (χ4n) is 3.28. The normalized spacial score (nSPS) is 10.5. The first-order valence-electron chi connectivity index (χ1n) is 10.1. The number of halogens is 2. The minimum atomic E-state index is -0.483. The average Bonchev–Trinajstić information content (AvgIpc) is 3.32. The van der Waals surface area contributed by atoms with Gasteiger partial charge in [0.1, 0.15) is 5.82 Å². The Morgan fingerprint density at radius 3 is 2.42 bits per heavy atom. The summed E-state index contributed by atoms with van der Waals surface area (Å²) in [6.45, 7) is 0.175. The summed E-state index contributed by atoms with van der Waals surface area (Å²) in [4.78, 5) is 25.3. The lowest BCUT2D eigenvalue weighted by atomic mass is 10.1. The summed E-state index contributed by atoms with van der Waals surface area (Å²) >= 11 is 5.98. The third-order valence-electron chi connectivity index (χ3n) is 4.81. The lowest BCUT2D eigenvalue weighted by Gasteiger charge is -2.15. The SMILES string of the molecule is O=C(Nc1cccc(Cl)c1)Nc1cc(C(=O)NCc2cccc(F)c2)ccc1-n1cccc1. The quantitative estimate of drug-likeness (QED) is 0.336. The zero-order chi connectivity index (χ0) is 23.2. The van der Waals surface area contributed by atoms with Crippen molar-refractivity contribution in [2.24, 2.45) is 0 Å². The van der Waals surface area contributed by atoms with Gasteiger partial charge in [0.05, 0.1) is 11.4 Å². The number of nitrogens with zero attached hydrogens (tertiary/aromatic N) is 1. The molecule has 0 fully saturated rings. The van der Waals surface area contributed by atoms with E-state index in [1.165, 1.54) is 12.1 Å². The molecule has 8 heteroatoms. The first-order chi connectivity index (χ1) is 16.0. The maximum absolute atomic E-state index is 13.4. The Kier molecular flexibility index (Phi) is 6.71. The molecule has 0 aliphatic rings. The van der Waals surface area contributed by atoms with Crippen LogP contribution in [0.25, 0.3) is 5.69 Å². The predicted octanol–water partition coefficient (Wildman–Crippen LogP) is 5.84. The molecule has 0 aliphatic carbocycles. The average molecular weight is 463 g/mol. The molecule has 33 heavy (non-hydrogen) atoms. The van der Waals surface area contributed by atoms with Crippen molar-refractivity contribution in [3.8, 4) is 5.69 Å². The minimum Gasteiger partial charge on any atom is -0.348 e. The molecule has 1 aromatic heterocycles. The van der Waals surface area contributed by atoms with E-state index in [0.29, 0.717) is 33.2 Å². The summed E-state index contributed by atoms with van der Waals surface area (Å²) in [6.07, 6.45) is 3.66. The molecule has 0 bridgehead atoms. The van der Waals surface area contributed by atoms with Crippen LogP contribution in [0, 0.1) is 5.82 Å². The molecule has 0 unspecified atom stereocenters. The molecular weight excluding hydrogens is 443 g/mol. The molecule has 0 atom stereocenters. The second kappa shape index (κ2) is 10.0. The molecule has 3 N–H and O–H groups in total. The van der Waals surface area contributed by atoms with Crippen molar-refractivity contribution in [1.29, 1.82) is 0 Å². The molecule has 4 rings (SSSR count). The zero-order valence-corrected chi connectivity index (χ0v) is 18.1. The van der Waals surface area contributed by atoms with Crippen molar-refractivity contribution in [2.45, 2.75) is 6.54 Å². The Morgan fingerprint density at radius 1 is 0.879 bits per heavy atom. The molecule has 0 saturated heterocycles. The highest BCUT2D eigenvalue weighted by Gasteiger charge is 2.13. The van der Waals surface area contributed by atoms with Crippen LogP contribution in [0.5, 0.6) is 0 Å². The number of urea groups is 1. The number of anilines is 2. The maximum atomic E-state index is 13.4. The van der Waals surface area contributed by atoms with Crippen LogP contribution in [0.3, 0.4) is 0 Å². The van der Waals surface area contributed by atoms with Gasteiger partial charge < -0.3 is 20.5 Å². The van der Waals surface area contributed by atoms with Gasteiger partial charge in [-0.25, -0.2) is 9.18 Å². The molecule has 0 spiro atoms. The van der Waals surface area contributed by atoms with Crippen molar-refractivity contribution in [3.05, 3.63) is 113 Å². The number of carbonyl (C=O) groups excluding carboxylic acids is 2. The Balaban J connectivity index is 1.54. The van der Waals surface area contributed by atoms with Gasteiger partial charge in [0.25, 0.3) is 5.91 Å². The number of rotatable bonds is 6. The molecule has 3 aromatic carbocycles. The number of nitrogens with one attached hydrogen (secondary N) is 3. The zero-order valence-electron chi connectivity index (χ0n) is 17.4. The van der Waals surface area contributed by atoms with E-state index in [1.807, 2.05) is 29.1 Å². The molecule has 3 amide bonds. The predicted molar refractivity (Wildman–Crippen MR) is 127 cm³/mol. The van der Waals surface area contributed by atoms with Gasteiger partial charge in [-0.2, -0.15) is 0 Å². The van der Waals surface area contributed by atoms with E-state index in [0.717, 1.165) is 0 Å². The van der Waals surface area contributed by atoms with E-state index in [1.54, 1.807) is 54.6 Å². The van der Waals surface area contributed by atoms with Crippen molar-refractivity contribution in [2.75, 3.05) is 10.6 Å². The van der Waals surface area contributed by atoms with Gasteiger partial charge in [-0.05, 0) is 66.2 Å². The number of benzene rings is 3. The molecule has 4 aromatic rings. The lowest BCUT2D eigenvalue weighted by Crippen LogP contribution is -2.24. The third kappa shape index (κ3) is 5.78. The first-order valence-corrected chi connectivity index (χ1v) is 10.5. The molecule has 0 saturated carbocycles. The smallest absolute Gasteiger partial charge is 0.323 e. The summed E-state index contributed by atoms with van der Waals surface area (Å²) < 4.78 is 15.2. The molecule has 1 heterocycles. The van der Waals surface area contributed by atoms with Gasteiger partial charge in [-0.15, -0.1) is 0 Å². The Morgan fingerprint density at radius 2 is 1.67 bits per heavy atom. The first kappa shape index (κ1) is 22.1. The van der Waals surface area contributed by atoms with Crippen LogP contribution in [0.4, 0.5) is 20.6 Å². The molecular formula is C25H20ClFN4O2. The largest absolute Gasteiger partial charge is 0.348 e. The maximum Gasteiger partial charge on any atom is 0.323 e. The fourth-order valence-corrected chi connectivity index (χ4v) is 3.47. The van der Waals surface area contributed by atoms with Gasteiger partial charge in [0, 0.05) is 35.2 Å². The van der Waals surface area contributed by atoms with Crippen LogP contribution >= 0.6 is 11.6 Å². The van der Waals surface area contributed by atoms with E-state index in [9.17, 15) is 14.0 Å². The summed E-state index contributed by atoms with van der Waals surface area (Å²) in [5.74, 6) is -0.716. The topological polar surface area (TPSA) is 75.2 Å². The summed E-state index contributed by atoms with van der Waals surface area (Å²) in [7, 11) is 0. The van der Waals surface area contributed by atoms with Gasteiger partial charge in [0.15, 0.2) is 0 Å². The Hall–Kier alpha value is -4.10. The number of amides is 3. The minimum absolute atomic E-state index is 0.175. The van der Waals surface area contributed by atoms with Crippen LogP contribution in [0.1, 0.15) is 15.9 Å². The van der Waals surface area contributed by atoms with Crippen molar-refractivity contribution >= 4 is 34.9 Å². The lowest BCUT2D eigenvalue weighted by molar-refractivity contribution is 0.0951. The van der Waals surface area contributed by atoms with E-state index < -0.39 is 6.03 Å². The van der Waals surface area contributed by atoms with Crippen LogP contribution in [-0.4, -0.2) is 16.5 Å². The van der Waals surface area contributed by atoms with Crippen LogP contribution < -0.4 is 16.0 Å². The van der Waals surface area contributed by atoms with E-state index in [4.69, 9.17) is 11.6 Å². The highest BCUT2D eigenvalue weighted by molar-refractivity contribution is 6.30. The van der Waals surface area contributed by atoms with Crippen molar-refractivity contribution in [1.82, 2.24) is 9.88 Å². The van der Waals surface area contributed by atoms with Crippen molar-refractivity contribution < 1.29 is 14.0 Å². The number of aromatic nitrogens is 1. The fraction of sp³-hybridized carbons (Fsp3) is 0.0400. The summed E-state index contributed by atoms with van der Waals surface area (Å²) in [6, 6.07) is 21.0. The van der Waals surface area contributed by atoms with Crippen LogP contribution in [0.2, 0.25) is 5.02 Å². The van der Waals surface area contributed by atoms with Gasteiger partial charge in [-0.3, -0.25) is 4.79 Å². The molecule has 166 valence electrons. The van der Waals surface area contributed by atoms with Gasteiger partial charge in [-0.1, -0.05) is 29.8 Å². The summed E-state index contributed by atoms with van der Waals surface area (Å²) in [5.41, 5.74) is 2.64. The van der Waals surface area contributed by atoms with E-state index >= 15 is 0 Å². The highest BCUT2D eigenvalue weighted by Crippen LogP contribution is 2.23. The molecule has 0 aliphatic heterocycles. The molecule has 0 radical (unpaired) electrons. The third-order valence-corrected chi connectivity index (χ3v) is 5.05. The van der Waals surface area contributed by atoms with Crippen molar-refractivity contribution in [3.63, 3.8) is 0 Å². The Bertz CT molecular complexity index is 1290. The number of carbonyl (C=O) groups is 2. The Labute approximate surface area is 195 Å². The number of hydrogen-bond donors (Lipinski definition) is 3. The second-order valence-electron chi connectivity index (χ2n) is 7.22. The van der Waals surface area contributed by atoms with Crippen LogP contribution in [-0.2, 0) is 6.54 Å². The van der Waals surface area contributed by atoms with Crippen LogP contribution in [0.15, 0.2) is 91.3 Å². The summed E-state index contributed by atoms with van der Waals surface area (Å²) in [5, 5.41) is 8.79. The van der Waals surface area contributed by atoms with E-state index in [-0.39, 0.29) is 18.3 Å². The standard InChI is InChI=1S/C25H20ClFN4O2/c26-19-6-4-8-21(15-19)29-25(33)30-22-14-18(9-10-23(22)31-11-1-2-12-31)24(32)28-16-17-5-3-7-20(27)13-17/h1-15H,16H2,(H,28,32)(H2,29,30,33). The highest BCUT2D eigenvalue weighted by atomic mass is 35.5. The number of hydrogen-bond acceptors (Lipinski definition) is 2. The van der Waals surface area contributed by atoms with Gasteiger partial charge >= 0.3 is 6.03 Å².